The van der Waals surface area contributed by atoms with Crippen LogP contribution in [0, 0.1) is 0 Å². The summed E-state index contributed by atoms with van der Waals surface area (Å²) in [5.41, 5.74) is 5.83. The van der Waals surface area contributed by atoms with Crippen LogP contribution in [0.3, 0.4) is 0 Å². The fourth-order valence-electron chi connectivity index (χ4n) is 1.36. The standard InChI is InChI=1S/C10H12N4O2S/c11-8-3-1-2-4-9(8)17(15,16)14-7-10-12-5-6-13-10/h1-6,14H,7,11H2,(H,12,13). The Labute approximate surface area is 98.9 Å². The van der Waals surface area contributed by atoms with Gasteiger partial charge in [0.25, 0.3) is 0 Å². The van der Waals surface area contributed by atoms with Crippen molar-refractivity contribution in [2.75, 3.05) is 5.73 Å². The van der Waals surface area contributed by atoms with Crippen molar-refractivity contribution in [1.82, 2.24) is 14.7 Å². The second-order valence-corrected chi connectivity index (χ2v) is 5.13. The van der Waals surface area contributed by atoms with E-state index in [2.05, 4.69) is 14.7 Å². The summed E-state index contributed by atoms with van der Waals surface area (Å²) in [5.74, 6) is 0.545. The fraction of sp³-hybridized carbons (Fsp3) is 0.100. The Morgan fingerprint density at radius 1 is 1.35 bits per heavy atom. The van der Waals surface area contributed by atoms with E-state index in [-0.39, 0.29) is 17.1 Å². The van der Waals surface area contributed by atoms with E-state index in [1.807, 2.05) is 0 Å². The zero-order valence-corrected chi connectivity index (χ0v) is 9.74. The van der Waals surface area contributed by atoms with E-state index in [9.17, 15) is 8.42 Å². The molecule has 0 fully saturated rings. The molecule has 6 nitrogen and oxygen atoms in total. The van der Waals surface area contributed by atoms with Gasteiger partial charge in [-0.25, -0.2) is 18.1 Å². The summed E-state index contributed by atoms with van der Waals surface area (Å²) in [6, 6.07) is 6.31. The lowest BCUT2D eigenvalue weighted by Crippen LogP contribution is -2.24. The Morgan fingerprint density at radius 2 is 2.12 bits per heavy atom. The van der Waals surface area contributed by atoms with Gasteiger partial charge in [-0.1, -0.05) is 12.1 Å². The van der Waals surface area contributed by atoms with Crippen LogP contribution in [0.1, 0.15) is 5.82 Å². The number of imidazole rings is 1. The molecule has 0 aliphatic carbocycles. The number of benzene rings is 1. The highest BCUT2D eigenvalue weighted by molar-refractivity contribution is 7.89. The molecule has 7 heteroatoms. The summed E-state index contributed by atoms with van der Waals surface area (Å²) in [6.45, 7) is 0.101. The number of anilines is 1. The van der Waals surface area contributed by atoms with Gasteiger partial charge in [0, 0.05) is 12.4 Å². The number of aromatic amines is 1. The number of hydrogen-bond acceptors (Lipinski definition) is 4. The van der Waals surface area contributed by atoms with Gasteiger partial charge in [-0.2, -0.15) is 0 Å². The second-order valence-electron chi connectivity index (χ2n) is 3.40. The minimum atomic E-state index is -3.60. The Hall–Kier alpha value is -1.86. The molecule has 0 unspecified atom stereocenters. The van der Waals surface area contributed by atoms with Gasteiger partial charge in [-0.05, 0) is 12.1 Å². The third kappa shape index (κ3) is 2.63. The van der Waals surface area contributed by atoms with E-state index in [0.29, 0.717) is 5.82 Å². The Kier molecular flexibility index (Phi) is 3.12. The first kappa shape index (κ1) is 11.6. The third-order valence-electron chi connectivity index (χ3n) is 2.19. The molecule has 1 aromatic heterocycles. The molecule has 17 heavy (non-hydrogen) atoms. The summed E-state index contributed by atoms with van der Waals surface area (Å²) >= 11 is 0. The van der Waals surface area contributed by atoms with Crippen LogP contribution < -0.4 is 10.5 Å². The van der Waals surface area contributed by atoms with Crippen LogP contribution in [0.4, 0.5) is 5.69 Å². The number of para-hydroxylation sites is 1. The number of nitrogens with zero attached hydrogens (tertiary/aromatic N) is 1. The second kappa shape index (κ2) is 4.56. The number of rotatable bonds is 4. The van der Waals surface area contributed by atoms with Crippen LogP contribution in [-0.2, 0) is 16.6 Å². The first-order valence-electron chi connectivity index (χ1n) is 4.92. The monoisotopic (exact) mass is 252 g/mol. The van der Waals surface area contributed by atoms with Gasteiger partial charge in [-0.3, -0.25) is 0 Å². The number of aromatic nitrogens is 2. The number of hydrogen-bond donors (Lipinski definition) is 3. The smallest absolute Gasteiger partial charge is 0.243 e. The molecule has 2 aromatic rings. The van der Waals surface area contributed by atoms with E-state index in [1.165, 1.54) is 6.07 Å². The lowest BCUT2D eigenvalue weighted by Gasteiger charge is -2.07. The number of nitrogen functional groups attached to an aromatic ring is 1. The lowest BCUT2D eigenvalue weighted by molar-refractivity contribution is 0.580. The zero-order valence-electron chi connectivity index (χ0n) is 8.92. The van der Waals surface area contributed by atoms with Crippen molar-refractivity contribution in [3.63, 3.8) is 0 Å². The molecule has 0 bridgehead atoms. The first-order chi connectivity index (χ1) is 8.09. The van der Waals surface area contributed by atoms with Crippen molar-refractivity contribution >= 4 is 15.7 Å². The van der Waals surface area contributed by atoms with Crippen LogP contribution in [0.15, 0.2) is 41.6 Å². The Morgan fingerprint density at radius 3 is 2.76 bits per heavy atom. The maximum absolute atomic E-state index is 11.9. The van der Waals surface area contributed by atoms with E-state index in [0.717, 1.165) is 0 Å². The van der Waals surface area contributed by atoms with Crippen LogP contribution in [-0.4, -0.2) is 18.4 Å². The van der Waals surface area contributed by atoms with E-state index < -0.39 is 10.0 Å². The van der Waals surface area contributed by atoms with Crippen molar-refractivity contribution < 1.29 is 8.42 Å². The largest absolute Gasteiger partial charge is 0.398 e. The van der Waals surface area contributed by atoms with Gasteiger partial charge in [0.1, 0.15) is 10.7 Å². The van der Waals surface area contributed by atoms with Gasteiger partial charge < -0.3 is 10.7 Å². The van der Waals surface area contributed by atoms with Gasteiger partial charge in [-0.15, -0.1) is 0 Å². The molecular formula is C10H12N4O2S. The molecule has 4 N–H and O–H groups in total. The predicted octanol–water partition coefficient (Wildman–Crippen LogP) is 0.470. The highest BCUT2D eigenvalue weighted by Gasteiger charge is 2.16. The van der Waals surface area contributed by atoms with Gasteiger partial charge in [0.2, 0.25) is 10.0 Å². The molecule has 2 rings (SSSR count). The average Bonchev–Trinajstić information content (AvgIpc) is 2.80. The topological polar surface area (TPSA) is 101 Å². The summed E-state index contributed by atoms with van der Waals surface area (Å²) in [4.78, 5) is 6.80. The van der Waals surface area contributed by atoms with Crippen LogP contribution in [0.5, 0.6) is 0 Å². The van der Waals surface area contributed by atoms with Crippen molar-refractivity contribution in [1.29, 1.82) is 0 Å². The quantitative estimate of drug-likeness (QED) is 0.688. The summed E-state index contributed by atoms with van der Waals surface area (Å²) in [5, 5.41) is 0. The van der Waals surface area contributed by atoms with Crippen molar-refractivity contribution in [2.24, 2.45) is 0 Å². The molecule has 0 radical (unpaired) electrons. The fourth-order valence-corrected chi connectivity index (χ4v) is 2.48. The van der Waals surface area contributed by atoms with Crippen molar-refractivity contribution in [3.8, 4) is 0 Å². The number of nitrogens with one attached hydrogen (secondary N) is 2. The van der Waals surface area contributed by atoms with E-state index in [4.69, 9.17) is 5.73 Å². The molecule has 0 aliphatic heterocycles. The zero-order chi connectivity index (χ0) is 12.3. The highest BCUT2D eigenvalue weighted by atomic mass is 32.2. The maximum Gasteiger partial charge on any atom is 0.243 e. The van der Waals surface area contributed by atoms with Crippen molar-refractivity contribution in [3.05, 3.63) is 42.5 Å². The van der Waals surface area contributed by atoms with Gasteiger partial charge in [0.15, 0.2) is 0 Å². The highest BCUT2D eigenvalue weighted by Crippen LogP contribution is 2.16. The van der Waals surface area contributed by atoms with E-state index >= 15 is 0 Å². The molecule has 0 amide bonds. The molecule has 0 saturated heterocycles. The minimum Gasteiger partial charge on any atom is -0.398 e. The molecule has 0 spiro atoms. The van der Waals surface area contributed by atoms with Crippen LogP contribution in [0.2, 0.25) is 0 Å². The molecular weight excluding hydrogens is 240 g/mol. The SMILES string of the molecule is Nc1ccccc1S(=O)(=O)NCc1ncc[nH]1. The molecule has 90 valence electrons. The Bertz CT molecular complexity index is 593. The van der Waals surface area contributed by atoms with Crippen molar-refractivity contribution in [2.45, 2.75) is 11.4 Å². The summed E-state index contributed by atoms with van der Waals surface area (Å²) in [7, 11) is -3.60. The maximum atomic E-state index is 11.9. The van der Waals surface area contributed by atoms with E-state index in [1.54, 1.807) is 30.6 Å². The molecule has 0 aliphatic rings. The molecule has 1 heterocycles. The van der Waals surface area contributed by atoms with Gasteiger partial charge in [0.05, 0.1) is 12.2 Å². The number of H-pyrrole nitrogens is 1. The minimum absolute atomic E-state index is 0.0755. The predicted molar refractivity (Wildman–Crippen MR) is 63.5 cm³/mol. The first-order valence-corrected chi connectivity index (χ1v) is 6.40. The summed E-state index contributed by atoms with van der Waals surface area (Å²) in [6.07, 6.45) is 3.18. The van der Waals surface area contributed by atoms with Crippen LogP contribution >= 0.6 is 0 Å². The number of sulfonamides is 1. The molecule has 0 saturated carbocycles. The normalized spacial score (nSPS) is 11.5. The van der Waals surface area contributed by atoms with Gasteiger partial charge >= 0.3 is 0 Å². The van der Waals surface area contributed by atoms with Crippen LogP contribution in [0.25, 0.3) is 0 Å². The molecule has 0 atom stereocenters. The average molecular weight is 252 g/mol. The lowest BCUT2D eigenvalue weighted by atomic mass is 10.3. The third-order valence-corrected chi connectivity index (χ3v) is 3.67. The summed E-state index contributed by atoms with van der Waals surface area (Å²) < 4.78 is 26.2. The number of nitrogens with two attached hydrogens (primary N) is 1. The Balaban J connectivity index is 2.17. The molecule has 1 aromatic carbocycles.